The second-order valence-corrected chi connectivity index (χ2v) is 6.41. The Labute approximate surface area is 115 Å². The number of unbranched alkanes of at least 4 members (excludes halogenated alkanes) is 4. The Kier molecular flexibility index (Phi) is 5.64. The molecule has 0 radical (unpaired) electrons. The molecule has 1 aliphatic rings. The van der Waals surface area contributed by atoms with Crippen LogP contribution < -0.4 is 5.32 Å². The van der Waals surface area contributed by atoms with E-state index in [4.69, 9.17) is 0 Å². The van der Waals surface area contributed by atoms with Crippen LogP contribution in [0.3, 0.4) is 0 Å². The SMILES string of the molecule is CCCCCCCC(NC1CC1)c1nc(C)cs1. The number of nitrogens with zero attached hydrogens (tertiary/aromatic N) is 1. The minimum absolute atomic E-state index is 0.512. The molecule has 0 spiro atoms. The average molecular weight is 266 g/mol. The summed E-state index contributed by atoms with van der Waals surface area (Å²) in [6.07, 6.45) is 10.8. The number of thiazole rings is 1. The van der Waals surface area contributed by atoms with Gasteiger partial charge in [-0.15, -0.1) is 11.3 Å². The van der Waals surface area contributed by atoms with Crippen molar-refractivity contribution in [2.75, 3.05) is 0 Å². The van der Waals surface area contributed by atoms with E-state index in [1.807, 2.05) is 11.3 Å². The summed E-state index contributed by atoms with van der Waals surface area (Å²) in [5, 5.41) is 7.23. The zero-order chi connectivity index (χ0) is 12.8. The van der Waals surface area contributed by atoms with Gasteiger partial charge in [0.15, 0.2) is 0 Å². The minimum atomic E-state index is 0.512. The molecule has 0 aromatic carbocycles. The van der Waals surface area contributed by atoms with Gasteiger partial charge in [0.05, 0.1) is 6.04 Å². The Morgan fingerprint density at radius 2 is 2.11 bits per heavy atom. The van der Waals surface area contributed by atoms with Crippen LogP contribution in [0.1, 0.15) is 75.0 Å². The highest BCUT2D eigenvalue weighted by Crippen LogP contribution is 2.29. The first-order valence-corrected chi connectivity index (χ1v) is 8.35. The molecule has 18 heavy (non-hydrogen) atoms. The molecule has 1 aliphatic carbocycles. The van der Waals surface area contributed by atoms with Crippen LogP contribution in [0.5, 0.6) is 0 Å². The normalized spacial score (nSPS) is 17.0. The van der Waals surface area contributed by atoms with Gasteiger partial charge in [-0.3, -0.25) is 0 Å². The zero-order valence-corrected chi connectivity index (χ0v) is 12.6. The van der Waals surface area contributed by atoms with Crippen LogP contribution in [0.4, 0.5) is 0 Å². The van der Waals surface area contributed by atoms with Gasteiger partial charge in [0.25, 0.3) is 0 Å². The van der Waals surface area contributed by atoms with Crippen molar-refractivity contribution in [3.63, 3.8) is 0 Å². The third kappa shape index (κ3) is 4.69. The Morgan fingerprint density at radius 3 is 2.72 bits per heavy atom. The van der Waals surface area contributed by atoms with Crippen molar-refractivity contribution in [2.24, 2.45) is 0 Å². The van der Waals surface area contributed by atoms with Gasteiger partial charge in [0.1, 0.15) is 5.01 Å². The second-order valence-electron chi connectivity index (χ2n) is 5.52. The third-order valence-electron chi connectivity index (χ3n) is 3.55. The topological polar surface area (TPSA) is 24.9 Å². The molecule has 1 fully saturated rings. The van der Waals surface area contributed by atoms with Crippen molar-refractivity contribution in [2.45, 2.75) is 77.3 Å². The smallest absolute Gasteiger partial charge is 0.110 e. The van der Waals surface area contributed by atoms with E-state index >= 15 is 0 Å². The van der Waals surface area contributed by atoms with Gasteiger partial charge in [-0.1, -0.05) is 39.0 Å². The maximum absolute atomic E-state index is 4.66. The van der Waals surface area contributed by atoms with Crippen molar-refractivity contribution in [1.29, 1.82) is 0 Å². The number of rotatable bonds is 9. The van der Waals surface area contributed by atoms with Gasteiger partial charge < -0.3 is 5.32 Å². The lowest BCUT2D eigenvalue weighted by molar-refractivity contribution is 0.463. The number of aryl methyl sites for hydroxylation is 1. The first-order chi connectivity index (χ1) is 8.79. The monoisotopic (exact) mass is 266 g/mol. The molecule has 1 heterocycles. The molecule has 0 amide bonds. The van der Waals surface area contributed by atoms with Gasteiger partial charge in [-0.25, -0.2) is 4.98 Å². The molecule has 0 bridgehead atoms. The van der Waals surface area contributed by atoms with E-state index in [9.17, 15) is 0 Å². The summed E-state index contributed by atoms with van der Waals surface area (Å²) in [5.74, 6) is 0. The summed E-state index contributed by atoms with van der Waals surface area (Å²) in [7, 11) is 0. The summed E-state index contributed by atoms with van der Waals surface area (Å²) in [6, 6.07) is 1.28. The Morgan fingerprint density at radius 1 is 1.33 bits per heavy atom. The van der Waals surface area contributed by atoms with Gasteiger partial charge in [-0.05, 0) is 26.2 Å². The summed E-state index contributed by atoms with van der Waals surface area (Å²) in [4.78, 5) is 4.66. The molecular weight excluding hydrogens is 240 g/mol. The van der Waals surface area contributed by atoms with Gasteiger partial charge >= 0.3 is 0 Å². The van der Waals surface area contributed by atoms with E-state index in [1.165, 1.54) is 62.1 Å². The van der Waals surface area contributed by atoms with Crippen molar-refractivity contribution in [3.8, 4) is 0 Å². The first kappa shape index (κ1) is 14.0. The quantitative estimate of drug-likeness (QED) is 0.660. The molecule has 0 aliphatic heterocycles. The van der Waals surface area contributed by atoms with Gasteiger partial charge in [0, 0.05) is 17.1 Å². The highest BCUT2D eigenvalue weighted by Gasteiger charge is 2.26. The maximum Gasteiger partial charge on any atom is 0.110 e. The lowest BCUT2D eigenvalue weighted by Crippen LogP contribution is -2.23. The molecule has 1 atom stereocenters. The molecule has 2 nitrogen and oxygen atoms in total. The molecule has 3 heteroatoms. The summed E-state index contributed by atoms with van der Waals surface area (Å²) < 4.78 is 0. The lowest BCUT2D eigenvalue weighted by Gasteiger charge is -2.16. The average Bonchev–Trinajstić information content (AvgIpc) is 3.08. The molecule has 1 saturated carbocycles. The Hall–Kier alpha value is -0.410. The Balaban J connectivity index is 1.77. The maximum atomic E-state index is 4.66. The van der Waals surface area contributed by atoms with Crippen LogP contribution in [-0.2, 0) is 0 Å². The van der Waals surface area contributed by atoms with E-state index in [-0.39, 0.29) is 0 Å². The molecule has 1 N–H and O–H groups in total. The van der Waals surface area contributed by atoms with Crippen molar-refractivity contribution < 1.29 is 0 Å². The van der Waals surface area contributed by atoms with E-state index in [2.05, 4.69) is 29.5 Å². The molecule has 1 aromatic heterocycles. The van der Waals surface area contributed by atoms with E-state index < -0.39 is 0 Å². The molecule has 1 aromatic rings. The van der Waals surface area contributed by atoms with Crippen LogP contribution in [0.25, 0.3) is 0 Å². The van der Waals surface area contributed by atoms with Crippen LogP contribution >= 0.6 is 11.3 Å². The largest absolute Gasteiger partial charge is 0.305 e. The fraction of sp³-hybridized carbons (Fsp3) is 0.800. The number of hydrogen-bond donors (Lipinski definition) is 1. The van der Waals surface area contributed by atoms with Crippen LogP contribution in [0, 0.1) is 6.92 Å². The number of hydrogen-bond acceptors (Lipinski definition) is 3. The first-order valence-electron chi connectivity index (χ1n) is 7.47. The number of aromatic nitrogens is 1. The predicted octanol–water partition coefficient (Wildman–Crippen LogP) is 4.61. The van der Waals surface area contributed by atoms with Gasteiger partial charge in [0.2, 0.25) is 0 Å². The van der Waals surface area contributed by atoms with Crippen LogP contribution in [-0.4, -0.2) is 11.0 Å². The fourth-order valence-corrected chi connectivity index (χ4v) is 3.19. The van der Waals surface area contributed by atoms with E-state index in [0.29, 0.717) is 6.04 Å². The minimum Gasteiger partial charge on any atom is -0.305 e. The second kappa shape index (κ2) is 7.25. The highest BCUT2D eigenvalue weighted by molar-refractivity contribution is 7.09. The van der Waals surface area contributed by atoms with Crippen molar-refractivity contribution in [3.05, 3.63) is 16.1 Å². The van der Waals surface area contributed by atoms with Crippen LogP contribution in [0.2, 0.25) is 0 Å². The summed E-state index contributed by atoms with van der Waals surface area (Å²) in [6.45, 7) is 4.37. The number of nitrogens with one attached hydrogen (secondary N) is 1. The van der Waals surface area contributed by atoms with E-state index in [1.54, 1.807) is 0 Å². The lowest BCUT2D eigenvalue weighted by atomic mass is 10.1. The Bertz CT molecular complexity index is 344. The molecular formula is C15H26N2S. The molecule has 1 unspecified atom stereocenters. The predicted molar refractivity (Wildman–Crippen MR) is 79.1 cm³/mol. The van der Waals surface area contributed by atoms with E-state index in [0.717, 1.165) is 6.04 Å². The van der Waals surface area contributed by atoms with Crippen molar-refractivity contribution >= 4 is 11.3 Å². The van der Waals surface area contributed by atoms with Crippen LogP contribution in [0.15, 0.2) is 5.38 Å². The molecule has 102 valence electrons. The fourth-order valence-electron chi connectivity index (χ4n) is 2.30. The molecule has 2 rings (SSSR count). The standard InChI is InChI=1S/C15H26N2S/c1-3-4-5-6-7-8-14(17-13-9-10-13)15-16-12(2)11-18-15/h11,13-14,17H,3-10H2,1-2H3. The zero-order valence-electron chi connectivity index (χ0n) is 11.7. The summed E-state index contributed by atoms with van der Waals surface area (Å²) >= 11 is 1.82. The van der Waals surface area contributed by atoms with Gasteiger partial charge in [-0.2, -0.15) is 0 Å². The molecule has 0 saturated heterocycles. The summed E-state index contributed by atoms with van der Waals surface area (Å²) in [5.41, 5.74) is 1.17. The third-order valence-corrected chi connectivity index (χ3v) is 4.62. The van der Waals surface area contributed by atoms with Crippen molar-refractivity contribution in [1.82, 2.24) is 10.3 Å². The highest BCUT2D eigenvalue weighted by atomic mass is 32.1.